The molecule has 2 aromatic rings. The zero-order chi connectivity index (χ0) is 20.7. The number of methoxy groups -OCH3 is 1. The molecule has 0 aromatic heterocycles. The van der Waals surface area contributed by atoms with Crippen molar-refractivity contribution in [1.29, 1.82) is 0 Å². The number of rotatable bonds is 8. The largest absolute Gasteiger partial charge is 0.497 e. The first-order valence-corrected chi connectivity index (χ1v) is 10.5. The third kappa shape index (κ3) is 6.16. The highest BCUT2D eigenvalue weighted by atomic mass is 32.2. The fourth-order valence-electron chi connectivity index (χ4n) is 2.48. The van der Waals surface area contributed by atoms with E-state index in [1.165, 1.54) is 6.92 Å². The van der Waals surface area contributed by atoms with Gasteiger partial charge in [0, 0.05) is 24.3 Å². The Labute approximate surface area is 166 Å². The monoisotopic (exact) mass is 406 g/mol. The number of ether oxygens (including phenoxy) is 1. The van der Waals surface area contributed by atoms with Crippen molar-refractivity contribution >= 4 is 21.8 Å². The molecule has 2 rings (SSSR count). The summed E-state index contributed by atoms with van der Waals surface area (Å²) in [6, 6.07) is 13.5. The molecule has 0 saturated heterocycles. The number of hydrogen-bond acceptors (Lipinski definition) is 5. The summed E-state index contributed by atoms with van der Waals surface area (Å²) in [5.41, 5.74) is 1.39. The van der Waals surface area contributed by atoms with Gasteiger partial charge in [-0.15, -0.1) is 0 Å². The van der Waals surface area contributed by atoms with Crippen molar-refractivity contribution in [3.63, 3.8) is 0 Å². The van der Waals surface area contributed by atoms with E-state index in [0.29, 0.717) is 18.0 Å². The summed E-state index contributed by atoms with van der Waals surface area (Å²) >= 11 is 0. The Morgan fingerprint density at radius 1 is 1.11 bits per heavy atom. The molecular weight excluding hydrogens is 380 g/mol. The van der Waals surface area contributed by atoms with Crippen LogP contribution in [-0.2, 0) is 16.7 Å². The molecule has 152 valence electrons. The van der Waals surface area contributed by atoms with Gasteiger partial charge < -0.3 is 19.1 Å². The average molecular weight is 407 g/mol. The SMILES string of the molecule is CCS(=O)(=O)Oc1cccc(CN(C(=O)Nc2cccc(OC)c2)C(C)C)c1. The standard InChI is InChI=1S/C20H26N2O5S/c1-5-28(24,25)27-19-11-6-8-16(12-19)14-22(15(2)3)20(23)21-17-9-7-10-18(13-17)26-4/h6-13,15H,5,14H2,1-4H3,(H,21,23). The first-order chi connectivity index (χ1) is 13.2. The summed E-state index contributed by atoms with van der Waals surface area (Å²) in [6.45, 7) is 5.64. The molecule has 0 aliphatic rings. The molecule has 0 unspecified atom stereocenters. The van der Waals surface area contributed by atoms with Crippen molar-refractivity contribution in [2.45, 2.75) is 33.4 Å². The molecule has 0 aliphatic heterocycles. The summed E-state index contributed by atoms with van der Waals surface area (Å²) in [6.07, 6.45) is 0. The van der Waals surface area contributed by atoms with Gasteiger partial charge in [0.15, 0.2) is 0 Å². The molecule has 0 radical (unpaired) electrons. The van der Waals surface area contributed by atoms with Gasteiger partial charge in [0.25, 0.3) is 0 Å². The van der Waals surface area contributed by atoms with Gasteiger partial charge in [-0.1, -0.05) is 18.2 Å². The number of amides is 2. The number of nitrogens with zero attached hydrogens (tertiary/aromatic N) is 1. The van der Waals surface area contributed by atoms with Crippen molar-refractivity contribution in [2.24, 2.45) is 0 Å². The predicted octanol–water partition coefficient (Wildman–Crippen LogP) is 3.87. The average Bonchev–Trinajstić information content (AvgIpc) is 2.66. The van der Waals surface area contributed by atoms with Gasteiger partial charge >= 0.3 is 16.1 Å². The minimum atomic E-state index is -3.60. The Hall–Kier alpha value is -2.74. The molecule has 0 spiro atoms. The first-order valence-electron chi connectivity index (χ1n) is 8.97. The summed E-state index contributed by atoms with van der Waals surface area (Å²) in [5.74, 6) is 0.769. The molecule has 28 heavy (non-hydrogen) atoms. The lowest BCUT2D eigenvalue weighted by molar-refractivity contribution is 0.193. The number of nitrogens with one attached hydrogen (secondary N) is 1. The highest BCUT2D eigenvalue weighted by molar-refractivity contribution is 7.87. The first kappa shape index (κ1) is 21.6. The van der Waals surface area contributed by atoms with E-state index in [2.05, 4.69) is 5.32 Å². The quantitative estimate of drug-likeness (QED) is 0.673. The van der Waals surface area contributed by atoms with E-state index in [9.17, 15) is 13.2 Å². The molecule has 0 atom stereocenters. The second-order valence-corrected chi connectivity index (χ2v) is 8.32. The van der Waals surface area contributed by atoms with Gasteiger partial charge in [-0.25, -0.2) is 4.79 Å². The highest BCUT2D eigenvalue weighted by Crippen LogP contribution is 2.20. The van der Waals surface area contributed by atoms with Crippen LogP contribution in [0.1, 0.15) is 26.3 Å². The van der Waals surface area contributed by atoms with Gasteiger partial charge in [0.2, 0.25) is 0 Å². The van der Waals surface area contributed by atoms with Crippen LogP contribution in [0.4, 0.5) is 10.5 Å². The number of carbonyl (C=O) groups excluding carboxylic acids is 1. The van der Waals surface area contributed by atoms with Crippen molar-refractivity contribution in [1.82, 2.24) is 4.90 Å². The van der Waals surface area contributed by atoms with E-state index >= 15 is 0 Å². The molecule has 0 fully saturated rings. The number of urea groups is 1. The van der Waals surface area contributed by atoms with E-state index in [1.807, 2.05) is 19.9 Å². The molecule has 0 heterocycles. The Balaban J connectivity index is 2.15. The number of benzene rings is 2. The van der Waals surface area contributed by atoms with E-state index in [1.54, 1.807) is 54.5 Å². The van der Waals surface area contributed by atoms with Crippen LogP contribution in [0.5, 0.6) is 11.5 Å². The zero-order valence-electron chi connectivity index (χ0n) is 16.5. The van der Waals surface area contributed by atoms with Crippen LogP contribution < -0.4 is 14.2 Å². The molecule has 7 nitrogen and oxygen atoms in total. The Kier molecular flexibility index (Phi) is 7.28. The molecule has 2 aromatic carbocycles. The minimum Gasteiger partial charge on any atom is -0.497 e. The molecule has 8 heteroatoms. The number of hydrogen-bond donors (Lipinski definition) is 1. The Bertz CT molecular complexity index is 912. The van der Waals surface area contributed by atoms with Crippen molar-refractivity contribution < 1.29 is 22.1 Å². The lowest BCUT2D eigenvalue weighted by atomic mass is 10.2. The van der Waals surface area contributed by atoms with E-state index in [0.717, 1.165) is 5.56 Å². The Morgan fingerprint density at radius 2 is 1.79 bits per heavy atom. The summed E-state index contributed by atoms with van der Waals surface area (Å²) in [4.78, 5) is 14.4. The van der Waals surface area contributed by atoms with Crippen LogP contribution in [0.3, 0.4) is 0 Å². The fraction of sp³-hybridized carbons (Fsp3) is 0.350. The predicted molar refractivity (Wildman–Crippen MR) is 109 cm³/mol. The minimum absolute atomic E-state index is 0.0745. The molecule has 0 aliphatic carbocycles. The molecule has 2 amide bonds. The van der Waals surface area contributed by atoms with Gasteiger partial charge in [0.05, 0.1) is 12.9 Å². The third-order valence-corrected chi connectivity index (χ3v) is 5.19. The summed E-state index contributed by atoms with van der Waals surface area (Å²) in [5, 5.41) is 2.86. The van der Waals surface area contributed by atoms with Gasteiger partial charge in [-0.2, -0.15) is 8.42 Å². The maximum Gasteiger partial charge on any atom is 0.322 e. The van der Waals surface area contributed by atoms with Crippen LogP contribution in [0.15, 0.2) is 48.5 Å². The second-order valence-electron chi connectivity index (χ2n) is 6.46. The van der Waals surface area contributed by atoms with Crippen LogP contribution in [-0.4, -0.2) is 38.3 Å². The third-order valence-electron chi connectivity index (χ3n) is 4.03. The molecule has 0 bridgehead atoms. The number of carbonyl (C=O) groups is 1. The lowest BCUT2D eigenvalue weighted by Crippen LogP contribution is -2.39. The van der Waals surface area contributed by atoms with Crippen LogP contribution in [0, 0.1) is 0 Å². The highest BCUT2D eigenvalue weighted by Gasteiger charge is 2.18. The zero-order valence-corrected chi connectivity index (χ0v) is 17.3. The smallest absolute Gasteiger partial charge is 0.322 e. The van der Waals surface area contributed by atoms with Crippen LogP contribution >= 0.6 is 0 Å². The van der Waals surface area contributed by atoms with Gasteiger partial charge in [-0.3, -0.25) is 0 Å². The van der Waals surface area contributed by atoms with Crippen LogP contribution in [0.2, 0.25) is 0 Å². The topological polar surface area (TPSA) is 84.9 Å². The van der Waals surface area contributed by atoms with Crippen LogP contribution in [0.25, 0.3) is 0 Å². The molecular formula is C20H26N2O5S. The van der Waals surface area contributed by atoms with Gasteiger partial charge in [-0.05, 0) is 50.6 Å². The van der Waals surface area contributed by atoms with E-state index in [4.69, 9.17) is 8.92 Å². The second kappa shape index (κ2) is 9.45. The molecule has 0 saturated carbocycles. The van der Waals surface area contributed by atoms with E-state index in [-0.39, 0.29) is 23.6 Å². The van der Waals surface area contributed by atoms with Gasteiger partial charge in [0.1, 0.15) is 11.5 Å². The van der Waals surface area contributed by atoms with Crippen molar-refractivity contribution in [2.75, 3.05) is 18.2 Å². The molecule has 1 N–H and O–H groups in total. The maximum absolute atomic E-state index is 12.8. The fourth-order valence-corrected chi connectivity index (χ4v) is 3.00. The van der Waals surface area contributed by atoms with Crippen molar-refractivity contribution in [3.05, 3.63) is 54.1 Å². The summed E-state index contributed by atoms with van der Waals surface area (Å²) in [7, 11) is -2.04. The maximum atomic E-state index is 12.8. The lowest BCUT2D eigenvalue weighted by Gasteiger charge is -2.27. The summed E-state index contributed by atoms with van der Waals surface area (Å²) < 4.78 is 33.6. The van der Waals surface area contributed by atoms with E-state index < -0.39 is 10.1 Å². The Morgan fingerprint density at radius 3 is 2.43 bits per heavy atom. The normalized spacial score (nSPS) is 11.2. The van der Waals surface area contributed by atoms with Crippen molar-refractivity contribution in [3.8, 4) is 11.5 Å². The number of anilines is 1.